The number of rotatable bonds is 7. The maximum absolute atomic E-state index is 11.2. The molecule has 0 spiro atoms. The van der Waals surface area contributed by atoms with Crippen molar-refractivity contribution in [1.29, 1.82) is 0 Å². The Morgan fingerprint density at radius 2 is 2.05 bits per heavy atom. The van der Waals surface area contributed by atoms with Gasteiger partial charge in [-0.15, -0.1) is 0 Å². The Hall–Kier alpha value is -2.04. The molecule has 1 rings (SSSR count). The van der Waals surface area contributed by atoms with Gasteiger partial charge in [0.15, 0.2) is 5.71 Å². The normalized spacial score (nSPS) is 11.2. The van der Waals surface area contributed by atoms with E-state index in [1.165, 1.54) is 7.11 Å². The first kappa shape index (κ1) is 16.0. The van der Waals surface area contributed by atoms with Gasteiger partial charge in [-0.05, 0) is 43.9 Å². The highest BCUT2D eigenvalue weighted by Crippen LogP contribution is 2.19. The number of hydrogen-bond donors (Lipinski definition) is 1. The number of carbonyl (C=O) groups is 1. The Kier molecular flexibility index (Phi) is 6.56. The molecule has 1 N–H and O–H groups in total. The van der Waals surface area contributed by atoms with Gasteiger partial charge in [-0.3, -0.25) is 0 Å². The van der Waals surface area contributed by atoms with Crippen LogP contribution in [-0.4, -0.2) is 30.6 Å². The smallest absolute Gasteiger partial charge is 0.355 e. The predicted molar refractivity (Wildman–Crippen MR) is 76.5 cm³/mol. The molecule has 0 unspecified atom stereocenters. The minimum Gasteiger partial charge on any atom is -0.493 e. The summed E-state index contributed by atoms with van der Waals surface area (Å²) in [7, 11) is 1.26. The summed E-state index contributed by atoms with van der Waals surface area (Å²) in [6.45, 7) is 4.58. The molecule has 0 radical (unpaired) electrons. The summed E-state index contributed by atoms with van der Waals surface area (Å²) in [5, 5.41) is 11.6. The zero-order chi connectivity index (χ0) is 15.0. The van der Waals surface area contributed by atoms with Crippen LogP contribution in [0.15, 0.2) is 23.4 Å². The van der Waals surface area contributed by atoms with Crippen LogP contribution < -0.4 is 4.74 Å². The molecule has 110 valence electrons. The third-order valence-electron chi connectivity index (χ3n) is 2.95. The lowest BCUT2D eigenvalue weighted by Gasteiger charge is -2.09. The van der Waals surface area contributed by atoms with Crippen molar-refractivity contribution in [1.82, 2.24) is 0 Å². The number of hydrogen-bond acceptors (Lipinski definition) is 5. The van der Waals surface area contributed by atoms with E-state index in [2.05, 4.69) is 9.89 Å². The third kappa shape index (κ3) is 4.91. The molecular weight excluding hydrogens is 258 g/mol. The summed E-state index contributed by atoms with van der Waals surface area (Å²) >= 11 is 0. The van der Waals surface area contributed by atoms with Gasteiger partial charge in [0.1, 0.15) is 5.75 Å². The molecule has 0 amide bonds. The van der Waals surface area contributed by atoms with Crippen LogP contribution in [0.3, 0.4) is 0 Å². The quantitative estimate of drug-likeness (QED) is 0.274. The van der Waals surface area contributed by atoms with Crippen molar-refractivity contribution < 1.29 is 19.5 Å². The number of esters is 1. The molecule has 20 heavy (non-hydrogen) atoms. The van der Waals surface area contributed by atoms with Crippen LogP contribution in [0.1, 0.15) is 30.4 Å². The van der Waals surface area contributed by atoms with Gasteiger partial charge in [0.25, 0.3) is 0 Å². The first-order chi connectivity index (χ1) is 9.58. The van der Waals surface area contributed by atoms with Crippen LogP contribution in [0.25, 0.3) is 0 Å². The Morgan fingerprint density at radius 1 is 1.30 bits per heavy atom. The summed E-state index contributed by atoms with van der Waals surface area (Å²) < 4.78 is 10.2. The SMILES string of the molecule is COC(=O)/C(CCCCOc1cc(C)ccc1C)=N\O. The average molecular weight is 279 g/mol. The van der Waals surface area contributed by atoms with Gasteiger partial charge in [0.05, 0.1) is 13.7 Å². The number of methoxy groups -OCH3 is 1. The standard InChI is InChI=1S/C15H21NO4/c1-11-7-8-12(2)14(10-11)20-9-5-4-6-13(16-18)15(17)19-3/h7-8,10,18H,4-6,9H2,1-3H3/b16-13-. The van der Waals surface area contributed by atoms with Crippen molar-refractivity contribution in [3.05, 3.63) is 29.3 Å². The first-order valence-corrected chi connectivity index (χ1v) is 6.57. The monoisotopic (exact) mass is 279 g/mol. The van der Waals surface area contributed by atoms with E-state index in [4.69, 9.17) is 9.94 Å². The highest BCUT2D eigenvalue weighted by molar-refractivity contribution is 6.36. The lowest BCUT2D eigenvalue weighted by Crippen LogP contribution is -2.16. The number of aryl methyl sites for hydroxylation is 2. The van der Waals surface area contributed by atoms with Crippen molar-refractivity contribution in [2.75, 3.05) is 13.7 Å². The van der Waals surface area contributed by atoms with Gasteiger partial charge in [0, 0.05) is 6.42 Å². The van der Waals surface area contributed by atoms with Crippen molar-refractivity contribution in [3.8, 4) is 5.75 Å². The predicted octanol–water partition coefficient (Wildman–Crippen LogP) is 2.86. The fraction of sp³-hybridized carbons (Fsp3) is 0.467. The minimum absolute atomic E-state index is 0.0410. The molecular formula is C15H21NO4. The molecule has 0 aromatic heterocycles. The Labute approximate surface area is 119 Å². The van der Waals surface area contributed by atoms with E-state index >= 15 is 0 Å². The van der Waals surface area contributed by atoms with Crippen LogP contribution in [0.5, 0.6) is 5.75 Å². The lowest BCUT2D eigenvalue weighted by atomic mass is 10.1. The molecule has 5 heteroatoms. The fourth-order valence-electron chi connectivity index (χ4n) is 1.75. The van der Waals surface area contributed by atoms with Crippen LogP contribution >= 0.6 is 0 Å². The molecule has 0 saturated carbocycles. The zero-order valence-corrected chi connectivity index (χ0v) is 12.2. The number of oxime groups is 1. The molecule has 0 aliphatic rings. The van der Waals surface area contributed by atoms with E-state index in [0.29, 0.717) is 19.4 Å². The molecule has 0 fully saturated rings. The number of ether oxygens (including phenoxy) is 2. The zero-order valence-electron chi connectivity index (χ0n) is 12.2. The minimum atomic E-state index is -0.594. The Balaban J connectivity index is 2.32. The van der Waals surface area contributed by atoms with E-state index in [0.717, 1.165) is 23.3 Å². The second kappa shape index (κ2) is 8.19. The molecule has 0 aliphatic heterocycles. The fourth-order valence-corrected chi connectivity index (χ4v) is 1.75. The largest absolute Gasteiger partial charge is 0.493 e. The molecule has 0 atom stereocenters. The van der Waals surface area contributed by atoms with Gasteiger partial charge < -0.3 is 14.7 Å². The second-order valence-electron chi connectivity index (χ2n) is 4.61. The first-order valence-electron chi connectivity index (χ1n) is 6.57. The summed E-state index contributed by atoms with van der Waals surface area (Å²) in [5.41, 5.74) is 2.30. The van der Waals surface area contributed by atoms with E-state index in [9.17, 15) is 4.79 Å². The van der Waals surface area contributed by atoms with Gasteiger partial charge in [-0.1, -0.05) is 17.3 Å². The second-order valence-corrected chi connectivity index (χ2v) is 4.61. The highest BCUT2D eigenvalue weighted by atomic mass is 16.5. The van der Waals surface area contributed by atoms with Crippen molar-refractivity contribution in [2.24, 2.45) is 5.16 Å². The molecule has 0 bridgehead atoms. The average Bonchev–Trinajstić information content (AvgIpc) is 2.45. The van der Waals surface area contributed by atoms with Crippen LogP contribution in [0.4, 0.5) is 0 Å². The van der Waals surface area contributed by atoms with Gasteiger partial charge in [-0.25, -0.2) is 4.79 Å². The Bertz CT molecular complexity index is 483. The summed E-state index contributed by atoms with van der Waals surface area (Å²) in [5.74, 6) is 0.289. The number of carbonyl (C=O) groups excluding carboxylic acids is 1. The third-order valence-corrected chi connectivity index (χ3v) is 2.95. The maximum atomic E-state index is 11.2. The number of nitrogens with zero attached hydrogens (tertiary/aromatic N) is 1. The van der Waals surface area contributed by atoms with E-state index < -0.39 is 5.97 Å². The molecule has 5 nitrogen and oxygen atoms in total. The van der Waals surface area contributed by atoms with Gasteiger partial charge >= 0.3 is 5.97 Å². The van der Waals surface area contributed by atoms with Crippen molar-refractivity contribution in [3.63, 3.8) is 0 Å². The molecule has 0 saturated heterocycles. The van der Waals surface area contributed by atoms with Crippen LogP contribution in [-0.2, 0) is 9.53 Å². The maximum Gasteiger partial charge on any atom is 0.355 e. The van der Waals surface area contributed by atoms with Gasteiger partial charge in [0.2, 0.25) is 0 Å². The topological polar surface area (TPSA) is 68.1 Å². The lowest BCUT2D eigenvalue weighted by molar-refractivity contribution is -0.133. The summed E-state index contributed by atoms with van der Waals surface area (Å²) in [6, 6.07) is 6.07. The van der Waals surface area contributed by atoms with Crippen LogP contribution in [0, 0.1) is 13.8 Å². The van der Waals surface area contributed by atoms with Crippen molar-refractivity contribution >= 4 is 11.7 Å². The molecule has 1 aromatic carbocycles. The molecule has 0 aliphatic carbocycles. The number of unbranched alkanes of at least 4 members (excludes halogenated alkanes) is 1. The van der Waals surface area contributed by atoms with E-state index in [1.807, 2.05) is 32.0 Å². The highest BCUT2D eigenvalue weighted by Gasteiger charge is 2.11. The number of benzene rings is 1. The van der Waals surface area contributed by atoms with E-state index in [1.54, 1.807) is 0 Å². The van der Waals surface area contributed by atoms with Crippen LogP contribution in [0.2, 0.25) is 0 Å². The Morgan fingerprint density at radius 3 is 2.70 bits per heavy atom. The molecule has 0 heterocycles. The molecule has 1 aromatic rings. The van der Waals surface area contributed by atoms with Crippen molar-refractivity contribution in [2.45, 2.75) is 33.1 Å². The summed E-state index contributed by atoms with van der Waals surface area (Å²) in [4.78, 5) is 11.2. The van der Waals surface area contributed by atoms with E-state index in [-0.39, 0.29) is 5.71 Å². The van der Waals surface area contributed by atoms with Gasteiger partial charge in [-0.2, -0.15) is 0 Å². The summed E-state index contributed by atoms with van der Waals surface area (Å²) in [6.07, 6.45) is 1.84.